The molecule has 0 unspecified atom stereocenters. The third-order valence-electron chi connectivity index (χ3n) is 3.40. The third-order valence-corrected chi connectivity index (χ3v) is 3.64. The summed E-state index contributed by atoms with van der Waals surface area (Å²) in [6, 6.07) is 7.62. The molecule has 0 saturated heterocycles. The zero-order valence-electron chi connectivity index (χ0n) is 13.6. The Hall–Kier alpha value is -1.48. The number of hydrogen-bond donors (Lipinski definition) is 0. The molecule has 21 heavy (non-hydrogen) atoms. The van der Waals surface area contributed by atoms with Gasteiger partial charge in [0.15, 0.2) is 0 Å². The molecule has 0 bridgehead atoms. The maximum absolute atomic E-state index is 12.8. The van der Waals surface area contributed by atoms with E-state index in [-0.39, 0.29) is 16.8 Å². The summed E-state index contributed by atoms with van der Waals surface area (Å²) in [4.78, 5) is 12.8. The van der Waals surface area contributed by atoms with Crippen molar-refractivity contribution >= 4 is 11.6 Å². The fourth-order valence-corrected chi connectivity index (χ4v) is 2.62. The first-order chi connectivity index (χ1) is 9.51. The number of rotatable bonds is 1. The Morgan fingerprint density at radius 2 is 1.62 bits per heavy atom. The minimum absolute atomic E-state index is 0.00461. The molecular weight excluding hydrogens is 284 g/mol. The zero-order chi connectivity index (χ0) is 16.0. The van der Waals surface area contributed by atoms with Crippen molar-refractivity contribution in [3.8, 4) is 11.3 Å². The maximum atomic E-state index is 12.8. The standard InChI is InChI=1S/C17H23ClN2O/c1-16(2,3)19-11-14(12-8-7-9-13(18)10-12)20(15(19)21)17(4,5)6/h7-11H,1-6H3. The van der Waals surface area contributed by atoms with E-state index in [0.29, 0.717) is 5.02 Å². The van der Waals surface area contributed by atoms with Gasteiger partial charge < -0.3 is 0 Å². The summed E-state index contributed by atoms with van der Waals surface area (Å²) >= 11 is 6.10. The Morgan fingerprint density at radius 1 is 1.00 bits per heavy atom. The van der Waals surface area contributed by atoms with Crippen LogP contribution in [0.3, 0.4) is 0 Å². The molecular formula is C17H23ClN2O. The van der Waals surface area contributed by atoms with Crippen LogP contribution in [0.1, 0.15) is 41.5 Å². The van der Waals surface area contributed by atoms with Gasteiger partial charge in [-0.25, -0.2) is 4.79 Å². The lowest BCUT2D eigenvalue weighted by Gasteiger charge is -2.23. The summed E-state index contributed by atoms with van der Waals surface area (Å²) in [6.07, 6.45) is 1.93. The number of halogens is 1. The Kier molecular flexibility index (Phi) is 3.83. The highest BCUT2D eigenvalue weighted by molar-refractivity contribution is 6.30. The maximum Gasteiger partial charge on any atom is 0.329 e. The van der Waals surface area contributed by atoms with E-state index in [9.17, 15) is 4.79 Å². The Morgan fingerprint density at radius 3 is 2.10 bits per heavy atom. The second kappa shape index (κ2) is 5.06. The monoisotopic (exact) mass is 306 g/mol. The highest BCUT2D eigenvalue weighted by atomic mass is 35.5. The summed E-state index contributed by atoms with van der Waals surface area (Å²) < 4.78 is 3.62. The van der Waals surface area contributed by atoms with E-state index < -0.39 is 0 Å². The molecule has 0 aliphatic rings. The molecule has 3 nitrogen and oxygen atoms in total. The molecule has 1 aromatic heterocycles. The van der Waals surface area contributed by atoms with Gasteiger partial charge in [-0.2, -0.15) is 0 Å². The molecule has 0 N–H and O–H groups in total. The quantitative estimate of drug-likeness (QED) is 0.763. The van der Waals surface area contributed by atoms with E-state index >= 15 is 0 Å². The molecule has 2 rings (SSSR count). The van der Waals surface area contributed by atoms with Crippen LogP contribution < -0.4 is 5.69 Å². The van der Waals surface area contributed by atoms with Crippen molar-refractivity contribution in [3.63, 3.8) is 0 Å². The van der Waals surface area contributed by atoms with E-state index in [0.717, 1.165) is 11.3 Å². The minimum Gasteiger partial charge on any atom is -0.293 e. The van der Waals surface area contributed by atoms with Gasteiger partial charge in [0.25, 0.3) is 0 Å². The Bertz CT molecular complexity index is 712. The van der Waals surface area contributed by atoms with Crippen molar-refractivity contribution in [1.29, 1.82) is 0 Å². The topological polar surface area (TPSA) is 26.9 Å². The second-order valence-electron chi connectivity index (χ2n) is 7.35. The van der Waals surface area contributed by atoms with Crippen LogP contribution in [0.4, 0.5) is 0 Å². The van der Waals surface area contributed by atoms with Crippen LogP contribution in [-0.2, 0) is 11.1 Å². The van der Waals surface area contributed by atoms with E-state index in [1.54, 1.807) is 4.57 Å². The Labute approximate surface area is 131 Å². The lowest BCUT2D eigenvalue weighted by molar-refractivity contribution is 0.343. The second-order valence-corrected chi connectivity index (χ2v) is 7.79. The number of imidazole rings is 1. The molecule has 2 aromatic rings. The molecule has 1 heterocycles. The average molecular weight is 307 g/mol. The molecule has 1 aromatic carbocycles. The van der Waals surface area contributed by atoms with Crippen LogP contribution in [-0.4, -0.2) is 9.13 Å². The van der Waals surface area contributed by atoms with Crippen molar-refractivity contribution in [2.75, 3.05) is 0 Å². The van der Waals surface area contributed by atoms with E-state index in [4.69, 9.17) is 11.6 Å². The first-order valence-electron chi connectivity index (χ1n) is 7.13. The van der Waals surface area contributed by atoms with Crippen LogP contribution >= 0.6 is 11.6 Å². The SMILES string of the molecule is CC(C)(C)n1cc(-c2cccc(Cl)c2)n(C(C)(C)C)c1=O. The molecule has 0 fully saturated rings. The van der Waals surface area contributed by atoms with Crippen LogP contribution in [0.5, 0.6) is 0 Å². The number of aromatic nitrogens is 2. The molecule has 0 saturated carbocycles. The predicted octanol–water partition coefficient (Wildman–Crippen LogP) is 4.48. The smallest absolute Gasteiger partial charge is 0.293 e. The van der Waals surface area contributed by atoms with E-state index in [1.165, 1.54) is 0 Å². The normalized spacial score (nSPS) is 12.7. The van der Waals surface area contributed by atoms with Gasteiger partial charge in [0, 0.05) is 27.9 Å². The molecule has 0 amide bonds. The molecule has 0 radical (unpaired) electrons. The fourth-order valence-electron chi connectivity index (χ4n) is 2.43. The lowest BCUT2D eigenvalue weighted by atomic mass is 10.1. The van der Waals surface area contributed by atoms with Gasteiger partial charge in [0.1, 0.15) is 0 Å². The number of hydrogen-bond acceptors (Lipinski definition) is 1. The molecule has 0 aliphatic heterocycles. The first kappa shape index (κ1) is 15.9. The van der Waals surface area contributed by atoms with Crippen molar-refractivity contribution in [2.45, 2.75) is 52.6 Å². The Balaban J connectivity index is 2.80. The average Bonchev–Trinajstić information content (AvgIpc) is 2.66. The summed E-state index contributed by atoms with van der Waals surface area (Å²) in [5.74, 6) is 0. The van der Waals surface area contributed by atoms with Gasteiger partial charge in [0.05, 0.1) is 5.69 Å². The van der Waals surface area contributed by atoms with Gasteiger partial charge in [0.2, 0.25) is 0 Å². The van der Waals surface area contributed by atoms with Gasteiger partial charge in [-0.05, 0) is 53.7 Å². The van der Waals surface area contributed by atoms with Crippen LogP contribution in [0.15, 0.2) is 35.3 Å². The van der Waals surface area contributed by atoms with Crippen LogP contribution in [0, 0.1) is 0 Å². The van der Waals surface area contributed by atoms with E-state index in [2.05, 4.69) is 0 Å². The van der Waals surface area contributed by atoms with Gasteiger partial charge in [-0.15, -0.1) is 0 Å². The minimum atomic E-state index is -0.300. The number of nitrogens with zero attached hydrogens (tertiary/aromatic N) is 2. The van der Waals surface area contributed by atoms with Crippen molar-refractivity contribution in [3.05, 3.63) is 46.0 Å². The summed E-state index contributed by atoms with van der Waals surface area (Å²) in [5, 5.41) is 0.670. The fraction of sp³-hybridized carbons (Fsp3) is 0.471. The van der Waals surface area contributed by atoms with Crippen molar-refractivity contribution in [2.24, 2.45) is 0 Å². The summed E-state index contributed by atoms with van der Waals surface area (Å²) in [6.45, 7) is 12.2. The van der Waals surface area contributed by atoms with Crippen molar-refractivity contribution < 1.29 is 0 Å². The molecule has 0 aliphatic carbocycles. The molecule has 114 valence electrons. The molecule has 4 heteroatoms. The largest absolute Gasteiger partial charge is 0.329 e. The first-order valence-corrected chi connectivity index (χ1v) is 7.51. The van der Waals surface area contributed by atoms with Gasteiger partial charge >= 0.3 is 5.69 Å². The predicted molar refractivity (Wildman–Crippen MR) is 89.1 cm³/mol. The highest BCUT2D eigenvalue weighted by Crippen LogP contribution is 2.28. The third kappa shape index (κ3) is 3.08. The van der Waals surface area contributed by atoms with E-state index in [1.807, 2.05) is 76.6 Å². The van der Waals surface area contributed by atoms with Gasteiger partial charge in [-0.3, -0.25) is 9.13 Å². The highest BCUT2D eigenvalue weighted by Gasteiger charge is 2.27. The zero-order valence-corrected chi connectivity index (χ0v) is 14.3. The van der Waals surface area contributed by atoms with Crippen molar-refractivity contribution in [1.82, 2.24) is 9.13 Å². The van der Waals surface area contributed by atoms with Crippen LogP contribution in [0.25, 0.3) is 11.3 Å². The molecule has 0 atom stereocenters. The molecule has 0 spiro atoms. The van der Waals surface area contributed by atoms with Gasteiger partial charge in [-0.1, -0.05) is 23.7 Å². The summed E-state index contributed by atoms with van der Waals surface area (Å²) in [7, 11) is 0. The summed E-state index contributed by atoms with van der Waals surface area (Å²) in [5.41, 5.74) is 1.29. The lowest BCUT2D eigenvalue weighted by Crippen LogP contribution is -2.39. The number of benzene rings is 1. The van der Waals surface area contributed by atoms with Crippen LogP contribution in [0.2, 0.25) is 5.02 Å².